The summed E-state index contributed by atoms with van der Waals surface area (Å²) in [6, 6.07) is 6.74. The molecule has 0 bridgehead atoms. The summed E-state index contributed by atoms with van der Waals surface area (Å²) >= 11 is 1.23. The molecule has 202 valence electrons. The molecule has 1 aromatic heterocycles. The normalized spacial score (nSPS) is 23.1. The predicted molar refractivity (Wildman–Crippen MR) is 147 cm³/mol. The summed E-state index contributed by atoms with van der Waals surface area (Å²) in [5.74, 6) is 0.676. The van der Waals surface area contributed by atoms with Crippen LogP contribution in [0.3, 0.4) is 0 Å². The van der Waals surface area contributed by atoms with E-state index in [4.69, 9.17) is 0 Å². The number of anilines is 1. The van der Waals surface area contributed by atoms with Gasteiger partial charge in [-0.3, -0.25) is 10.1 Å². The maximum absolute atomic E-state index is 13.3. The number of hydrogen-bond acceptors (Lipinski definition) is 6. The van der Waals surface area contributed by atoms with Gasteiger partial charge in [0.1, 0.15) is 5.82 Å². The van der Waals surface area contributed by atoms with Crippen LogP contribution in [0.4, 0.5) is 14.3 Å². The fourth-order valence-corrected chi connectivity index (χ4v) is 6.71. The number of nitrogens with zero attached hydrogens (tertiary/aromatic N) is 3. The minimum Gasteiger partial charge on any atom is -0.335 e. The first-order chi connectivity index (χ1) is 17.8. The smallest absolute Gasteiger partial charge is 0.321 e. The Kier molecular flexibility index (Phi) is 9.67. The average molecular weight is 530 g/mol. The fraction of sp³-hybridized carbons (Fsp3) is 0.607. The molecule has 0 spiro atoms. The van der Waals surface area contributed by atoms with Crippen LogP contribution in [-0.4, -0.2) is 71.9 Å². The Morgan fingerprint density at radius 2 is 1.92 bits per heavy atom. The molecule has 9 heteroatoms. The Balaban J connectivity index is 1.36. The molecular weight excluding hydrogens is 489 g/mol. The number of halogens is 1. The topological polar surface area (TPSA) is 77.6 Å². The maximum atomic E-state index is 13.3. The lowest BCUT2D eigenvalue weighted by Gasteiger charge is -2.42. The minimum atomic E-state index is -0.254. The fourth-order valence-electron chi connectivity index (χ4n) is 5.85. The van der Waals surface area contributed by atoms with Gasteiger partial charge >= 0.3 is 6.03 Å². The molecule has 2 aliphatic heterocycles. The van der Waals surface area contributed by atoms with E-state index in [-0.39, 0.29) is 23.7 Å². The van der Waals surface area contributed by atoms with Crippen molar-refractivity contribution in [1.82, 2.24) is 20.1 Å². The van der Waals surface area contributed by atoms with Crippen LogP contribution in [-0.2, 0) is 6.42 Å². The van der Waals surface area contributed by atoms with Gasteiger partial charge in [-0.1, -0.05) is 30.4 Å². The van der Waals surface area contributed by atoms with E-state index in [2.05, 4.69) is 32.3 Å². The van der Waals surface area contributed by atoms with Crippen LogP contribution in [0.1, 0.15) is 60.5 Å². The molecule has 3 heterocycles. The van der Waals surface area contributed by atoms with Gasteiger partial charge in [-0.15, -0.1) is 0 Å². The number of urea groups is 1. The van der Waals surface area contributed by atoms with E-state index in [9.17, 15) is 14.0 Å². The molecule has 7 nitrogen and oxygen atoms in total. The number of thiazole rings is 1. The number of ketones is 1. The summed E-state index contributed by atoms with van der Waals surface area (Å²) in [6.45, 7) is 11.6. The number of benzene rings is 1. The monoisotopic (exact) mass is 529 g/mol. The van der Waals surface area contributed by atoms with E-state index < -0.39 is 0 Å². The number of nitrogens with one attached hydrogen (secondary N) is 2. The Morgan fingerprint density at radius 1 is 1.14 bits per heavy atom. The quantitative estimate of drug-likeness (QED) is 0.449. The lowest BCUT2D eigenvalue weighted by atomic mass is 9.88. The third-order valence-corrected chi connectivity index (χ3v) is 8.72. The van der Waals surface area contributed by atoms with Gasteiger partial charge in [-0.05, 0) is 75.7 Å². The number of hydrogen-bond donors (Lipinski definition) is 2. The van der Waals surface area contributed by atoms with Crippen molar-refractivity contribution in [1.29, 1.82) is 0 Å². The van der Waals surface area contributed by atoms with E-state index >= 15 is 0 Å². The minimum absolute atomic E-state index is 0.0360. The van der Waals surface area contributed by atoms with Gasteiger partial charge in [0.05, 0.1) is 10.6 Å². The van der Waals surface area contributed by atoms with Crippen LogP contribution in [0.25, 0.3) is 0 Å². The van der Waals surface area contributed by atoms with Gasteiger partial charge in [0.15, 0.2) is 10.9 Å². The molecule has 2 amide bonds. The summed E-state index contributed by atoms with van der Waals surface area (Å²) in [5.41, 5.74) is 1.85. The lowest BCUT2D eigenvalue weighted by molar-refractivity contribution is 0.0852. The number of Topliss-reactive ketones (excluding diaryl/α,β-unsaturated/α-hetero) is 1. The van der Waals surface area contributed by atoms with Crippen molar-refractivity contribution in [2.24, 2.45) is 11.8 Å². The van der Waals surface area contributed by atoms with Gasteiger partial charge in [-0.2, -0.15) is 0 Å². The average Bonchev–Trinajstić information content (AvgIpc) is 3.22. The highest BCUT2D eigenvalue weighted by molar-refractivity contribution is 7.17. The number of aromatic nitrogens is 1. The predicted octanol–water partition coefficient (Wildman–Crippen LogP) is 4.97. The van der Waals surface area contributed by atoms with E-state index in [0.29, 0.717) is 27.5 Å². The molecule has 37 heavy (non-hydrogen) atoms. The Bertz CT molecular complexity index is 1060. The van der Waals surface area contributed by atoms with Crippen LogP contribution in [0, 0.1) is 24.6 Å². The second-order valence-corrected chi connectivity index (χ2v) is 11.6. The lowest BCUT2D eigenvalue weighted by Crippen LogP contribution is -2.55. The number of aryl methyl sites for hydroxylation is 1. The first-order valence-electron chi connectivity index (χ1n) is 13.6. The largest absolute Gasteiger partial charge is 0.335 e. The van der Waals surface area contributed by atoms with Crippen molar-refractivity contribution >= 4 is 28.3 Å². The summed E-state index contributed by atoms with van der Waals surface area (Å²) in [6.07, 6.45) is 5.37. The second kappa shape index (κ2) is 12.9. The van der Waals surface area contributed by atoms with Crippen molar-refractivity contribution in [3.8, 4) is 0 Å². The summed E-state index contributed by atoms with van der Waals surface area (Å²) < 4.78 is 13.3. The molecule has 3 atom stereocenters. The number of piperidine rings is 2. The number of carbonyl (C=O) groups excluding carboxylic acids is 2. The Morgan fingerprint density at radius 3 is 2.62 bits per heavy atom. The van der Waals surface area contributed by atoms with Gasteiger partial charge in [0.25, 0.3) is 0 Å². The second-order valence-electron chi connectivity index (χ2n) is 10.6. The van der Waals surface area contributed by atoms with E-state index in [0.717, 1.165) is 65.0 Å². The zero-order valence-corrected chi connectivity index (χ0v) is 23.1. The summed E-state index contributed by atoms with van der Waals surface area (Å²) in [5, 5.41) is 6.54. The highest BCUT2D eigenvalue weighted by atomic mass is 32.1. The molecule has 2 fully saturated rings. The number of amides is 2. The van der Waals surface area contributed by atoms with Crippen LogP contribution in [0.5, 0.6) is 0 Å². The molecule has 2 N–H and O–H groups in total. The number of likely N-dealkylation sites (tertiary alicyclic amines) is 2. The summed E-state index contributed by atoms with van der Waals surface area (Å²) in [7, 11) is 0. The van der Waals surface area contributed by atoms with Crippen molar-refractivity contribution in [3.63, 3.8) is 0 Å². The molecule has 0 radical (unpaired) electrons. The van der Waals surface area contributed by atoms with Crippen molar-refractivity contribution in [3.05, 3.63) is 46.2 Å². The molecule has 0 aliphatic carbocycles. The van der Waals surface area contributed by atoms with E-state index in [1.165, 1.54) is 30.2 Å². The van der Waals surface area contributed by atoms with Gasteiger partial charge < -0.3 is 15.1 Å². The zero-order chi connectivity index (χ0) is 26.4. The van der Waals surface area contributed by atoms with Gasteiger partial charge in [-0.25, -0.2) is 14.2 Å². The van der Waals surface area contributed by atoms with Gasteiger partial charge in [0, 0.05) is 45.1 Å². The SMILES string of the molecule is CCCN1CC[C@@H](NC(=O)Nc2nc(C)c(C(C)=O)s2)[C@H](CN2CCC[C@@H](Cc3ccc(F)cc3)C2)C1. The van der Waals surface area contributed by atoms with Crippen LogP contribution in [0.2, 0.25) is 0 Å². The maximum Gasteiger partial charge on any atom is 0.321 e. The molecule has 0 saturated carbocycles. The van der Waals surface area contributed by atoms with Crippen molar-refractivity contribution in [2.75, 3.05) is 44.6 Å². The van der Waals surface area contributed by atoms with Crippen molar-refractivity contribution in [2.45, 2.75) is 58.9 Å². The first-order valence-corrected chi connectivity index (χ1v) is 14.4. The third-order valence-electron chi connectivity index (χ3n) is 7.54. The third kappa shape index (κ3) is 7.82. The van der Waals surface area contributed by atoms with Gasteiger partial charge in [0.2, 0.25) is 0 Å². The van der Waals surface area contributed by atoms with Crippen LogP contribution >= 0.6 is 11.3 Å². The van der Waals surface area contributed by atoms with Crippen molar-refractivity contribution < 1.29 is 14.0 Å². The molecule has 2 saturated heterocycles. The summed E-state index contributed by atoms with van der Waals surface area (Å²) in [4.78, 5) is 34.7. The number of carbonyl (C=O) groups is 2. The zero-order valence-electron chi connectivity index (χ0n) is 22.3. The standard InChI is InChI=1S/C28H40FN5O2S/c1-4-12-33-14-11-25(31-27(36)32-28-30-19(2)26(37-28)20(3)35)23(17-33)18-34-13-5-6-22(16-34)15-21-7-9-24(29)10-8-21/h7-10,22-23,25H,4-6,11-18H2,1-3H3,(H2,30,31,32,36)/t22-,23-,25+/m0/s1. The van der Waals surface area contributed by atoms with Crippen LogP contribution < -0.4 is 10.6 Å². The Hall–Kier alpha value is -2.36. The van der Waals surface area contributed by atoms with E-state index in [1.807, 2.05) is 12.1 Å². The highest BCUT2D eigenvalue weighted by Gasteiger charge is 2.33. The van der Waals surface area contributed by atoms with E-state index in [1.54, 1.807) is 19.1 Å². The molecular formula is C28H40FN5O2S. The van der Waals surface area contributed by atoms with Crippen LogP contribution in [0.15, 0.2) is 24.3 Å². The highest BCUT2D eigenvalue weighted by Crippen LogP contribution is 2.26. The molecule has 4 rings (SSSR count). The Labute approximate surface area is 223 Å². The molecule has 1 aromatic carbocycles. The first kappa shape index (κ1) is 27.7. The molecule has 2 aromatic rings. The number of rotatable bonds is 9. The molecule has 2 aliphatic rings. The molecule has 0 unspecified atom stereocenters.